The lowest BCUT2D eigenvalue weighted by Gasteiger charge is -2.30. The topological polar surface area (TPSA) is 134 Å². The standard InChI is InChI=1S/C23H24N4O6S2/c1-25-14-20(28)26(23(25)30)10-11-27(21(22(29)24-31)17-5-3-2-4-6-17)35(32,33)15-16-7-8-19-18(13-16)9-12-34-19/h2-9,12-14,21,28,31H,10-11,15H2,1H3,(H,24,29)/t21-/m1/s1. The Balaban J connectivity index is 1.75. The fourth-order valence-corrected chi connectivity index (χ4v) is 6.40. The van der Waals surface area contributed by atoms with E-state index in [1.165, 1.54) is 17.8 Å². The molecule has 35 heavy (non-hydrogen) atoms. The van der Waals surface area contributed by atoms with Gasteiger partial charge in [-0.1, -0.05) is 36.4 Å². The molecule has 0 radical (unpaired) electrons. The average Bonchev–Trinajstić information content (AvgIpc) is 3.39. The van der Waals surface area contributed by atoms with Crippen molar-refractivity contribution in [2.24, 2.45) is 7.05 Å². The molecule has 10 nitrogen and oxygen atoms in total. The third-order valence-electron chi connectivity index (χ3n) is 5.65. The van der Waals surface area contributed by atoms with Gasteiger partial charge in [-0.05, 0) is 40.1 Å². The van der Waals surface area contributed by atoms with Crippen LogP contribution >= 0.6 is 11.3 Å². The highest BCUT2D eigenvalue weighted by atomic mass is 32.2. The van der Waals surface area contributed by atoms with Gasteiger partial charge in [0.1, 0.15) is 6.04 Å². The number of sulfonamides is 1. The highest BCUT2D eigenvalue weighted by Crippen LogP contribution is 2.28. The molecule has 2 aromatic carbocycles. The number of carbonyl (C=O) groups excluding carboxylic acids is 1. The van der Waals surface area contributed by atoms with Gasteiger partial charge in [0.05, 0.1) is 11.9 Å². The molecule has 184 valence electrons. The summed E-state index contributed by atoms with van der Waals surface area (Å²) in [6.07, 6.45) is 1.21. The molecular weight excluding hydrogens is 492 g/mol. The number of hydrogen-bond donors (Lipinski definition) is 3. The number of imidazole rings is 1. The molecule has 4 aromatic rings. The van der Waals surface area contributed by atoms with Crippen LogP contribution in [-0.4, -0.2) is 44.6 Å². The van der Waals surface area contributed by atoms with Crippen LogP contribution in [0.4, 0.5) is 0 Å². The fraction of sp³-hybridized carbons (Fsp3) is 0.217. The van der Waals surface area contributed by atoms with Gasteiger partial charge in [-0.3, -0.25) is 19.1 Å². The summed E-state index contributed by atoms with van der Waals surface area (Å²) in [5.41, 5.74) is 1.88. The van der Waals surface area contributed by atoms with Crippen LogP contribution in [-0.2, 0) is 34.2 Å². The van der Waals surface area contributed by atoms with Crippen molar-refractivity contribution >= 4 is 37.4 Å². The third-order valence-corrected chi connectivity index (χ3v) is 8.35. The molecule has 0 aliphatic carbocycles. The van der Waals surface area contributed by atoms with Gasteiger partial charge in [-0.25, -0.2) is 18.7 Å². The molecule has 1 atom stereocenters. The first-order valence-corrected chi connectivity index (χ1v) is 13.1. The van der Waals surface area contributed by atoms with E-state index in [9.17, 15) is 28.3 Å². The number of benzene rings is 2. The molecule has 0 aliphatic rings. The number of thiophene rings is 1. The van der Waals surface area contributed by atoms with E-state index >= 15 is 0 Å². The second-order valence-corrected chi connectivity index (χ2v) is 10.9. The monoisotopic (exact) mass is 516 g/mol. The maximum Gasteiger partial charge on any atom is 0.330 e. The van der Waals surface area contributed by atoms with Gasteiger partial charge >= 0.3 is 5.69 Å². The molecule has 0 aliphatic heterocycles. The van der Waals surface area contributed by atoms with Crippen molar-refractivity contribution in [2.45, 2.75) is 18.3 Å². The van der Waals surface area contributed by atoms with E-state index in [4.69, 9.17) is 0 Å². The Hall–Kier alpha value is -3.45. The van der Waals surface area contributed by atoms with Crippen LogP contribution in [0.25, 0.3) is 10.1 Å². The van der Waals surface area contributed by atoms with Crippen molar-refractivity contribution in [2.75, 3.05) is 6.54 Å². The molecule has 1 amide bonds. The zero-order chi connectivity index (χ0) is 25.2. The van der Waals surface area contributed by atoms with Gasteiger partial charge < -0.3 is 5.11 Å². The van der Waals surface area contributed by atoms with Gasteiger partial charge in [-0.15, -0.1) is 11.3 Å². The zero-order valence-electron chi connectivity index (χ0n) is 18.7. The normalized spacial score (nSPS) is 12.8. The number of nitrogens with one attached hydrogen (secondary N) is 1. The number of nitrogens with zero attached hydrogens (tertiary/aromatic N) is 3. The van der Waals surface area contributed by atoms with Crippen LogP contribution in [0, 0.1) is 0 Å². The third kappa shape index (κ3) is 5.15. The van der Waals surface area contributed by atoms with Crippen molar-refractivity contribution in [1.29, 1.82) is 0 Å². The Morgan fingerprint density at radius 2 is 1.91 bits per heavy atom. The van der Waals surface area contributed by atoms with E-state index in [1.54, 1.807) is 59.3 Å². The molecule has 4 rings (SSSR count). The number of hydrogen-bond acceptors (Lipinski definition) is 7. The molecule has 0 spiro atoms. The number of aryl methyl sites for hydroxylation is 1. The van der Waals surface area contributed by atoms with Crippen LogP contribution in [0.5, 0.6) is 5.88 Å². The highest BCUT2D eigenvalue weighted by molar-refractivity contribution is 7.88. The van der Waals surface area contributed by atoms with Gasteiger partial charge in [-0.2, -0.15) is 4.31 Å². The second kappa shape index (κ2) is 10.0. The van der Waals surface area contributed by atoms with Crippen LogP contribution in [0.1, 0.15) is 17.2 Å². The lowest BCUT2D eigenvalue weighted by Crippen LogP contribution is -2.45. The van der Waals surface area contributed by atoms with Gasteiger partial charge in [0.25, 0.3) is 5.91 Å². The quantitative estimate of drug-likeness (QED) is 0.231. The van der Waals surface area contributed by atoms with Crippen LogP contribution in [0.15, 0.2) is 71.0 Å². The summed E-state index contributed by atoms with van der Waals surface area (Å²) in [6.45, 7) is -0.524. The first-order valence-electron chi connectivity index (χ1n) is 10.6. The minimum Gasteiger partial charge on any atom is -0.493 e. The van der Waals surface area contributed by atoms with E-state index in [0.29, 0.717) is 11.1 Å². The number of rotatable bonds is 9. The summed E-state index contributed by atoms with van der Waals surface area (Å²) in [5, 5.41) is 22.4. The Labute approximate surface area is 205 Å². The average molecular weight is 517 g/mol. The molecule has 0 saturated heterocycles. The van der Waals surface area contributed by atoms with Crippen LogP contribution in [0.3, 0.4) is 0 Å². The Morgan fingerprint density at radius 1 is 1.17 bits per heavy atom. The predicted molar refractivity (Wildman–Crippen MR) is 132 cm³/mol. The number of carbonyl (C=O) groups is 1. The van der Waals surface area contributed by atoms with Gasteiger partial charge in [0.2, 0.25) is 15.9 Å². The highest BCUT2D eigenvalue weighted by Gasteiger charge is 2.36. The lowest BCUT2D eigenvalue weighted by atomic mass is 10.1. The number of aromatic nitrogens is 2. The van der Waals surface area contributed by atoms with Crippen molar-refractivity contribution in [3.63, 3.8) is 0 Å². The Morgan fingerprint density at radius 3 is 2.57 bits per heavy atom. The molecule has 2 aromatic heterocycles. The van der Waals surface area contributed by atoms with Crippen molar-refractivity contribution in [1.82, 2.24) is 18.9 Å². The smallest absolute Gasteiger partial charge is 0.330 e. The second-order valence-electron chi connectivity index (χ2n) is 7.98. The molecular formula is C23H24N4O6S2. The van der Waals surface area contributed by atoms with Crippen LogP contribution in [0.2, 0.25) is 0 Å². The van der Waals surface area contributed by atoms with E-state index in [-0.39, 0.29) is 19.0 Å². The number of fused-ring (bicyclic) bond motifs is 1. The summed E-state index contributed by atoms with van der Waals surface area (Å²) < 4.78 is 31.6. The number of hydroxylamine groups is 1. The number of aromatic hydroxyl groups is 1. The van der Waals surface area contributed by atoms with Crippen LogP contribution < -0.4 is 11.2 Å². The van der Waals surface area contributed by atoms with Crippen molar-refractivity contribution in [3.05, 3.63) is 87.8 Å². The van der Waals surface area contributed by atoms with Gasteiger partial charge in [0, 0.05) is 24.8 Å². The first kappa shape index (κ1) is 24.7. The molecule has 12 heteroatoms. The summed E-state index contributed by atoms with van der Waals surface area (Å²) >= 11 is 1.54. The largest absolute Gasteiger partial charge is 0.493 e. The minimum absolute atomic E-state index is 0.212. The zero-order valence-corrected chi connectivity index (χ0v) is 20.4. The minimum atomic E-state index is -4.16. The Bertz CT molecular complexity index is 1510. The van der Waals surface area contributed by atoms with E-state index < -0.39 is 33.4 Å². The summed E-state index contributed by atoms with van der Waals surface area (Å²) in [6, 6.07) is 14.0. The maximum atomic E-state index is 13.7. The van der Waals surface area contributed by atoms with Crippen molar-refractivity contribution < 1.29 is 23.5 Å². The van der Waals surface area contributed by atoms with E-state index in [0.717, 1.165) is 19.0 Å². The molecule has 0 bridgehead atoms. The first-order chi connectivity index (χ1) is 16.7. The fourth-order valence-electron chi connectivity index (χ4n) is 3.97. The maximum absolute atomic E-state index is 13.7. The lowest BCUT2D eigenvalue weighted by molar-refractivity contribution is -0.133. The molecule has 3 N–H and O–H groups in total. The molecule has 0 saturated carbocycles. The van der Waals surface area contributed by atoms with Crippen molar-refractivity contribution in [3.8, 4) is 5.88 Å². The molecule has 2 heterocycles. The summed E-state index contributed by atoms with van der Waals surface area (Å²) in [7, 11) is -2.70. The number of amides is 1. The van der Waals surface area contributed by atoms with Gasteiger partial charge in [0.15, 0.2) is 0 Å². The summed E-state index contributed by atoms with van der Waals surface area (Å²) in [5.74, 6) is -1.69. The Kier molecular flexibility index (Phi) is 7.08. The van der Waals surface area contributed by atoms with E-state index in [2.05, 4.69) is 0 Å². The predicted octanol–water partition coefficient (Wildman–Crippen LogP) is 2.19. The molecule has 0 unspecified atom stereocenters. The van der Waals surface area contributed by atoms with E-state index in [1.807, 2.05) is 17.5 Å². The summed E-state index contributed by atoms with van der Waals surface area (Å²) in [4.78, 5) is 25.1. The SMILES string of the molecule is Cn1cc(O)n(CCN([C@@H](C(=O)NO)c2ccccc2)S(=O)(=O)Cc2ccc3sccc3c2)c1=O. The molecule has 0 fully saturated rings.